The molecule has 5 heteroatoms. The van der Waals surface area contributed by atoms with Crippen molar-refractivity contribution in [2.24, 2.45) is 5.92 Å². The number of rotatable bonds is 7. The summed E-state index contributed by atoms with van der Waals surface area (Å²) in [5, 5.41) is 12.3. The highest BCUT2D eigenvalue weighted by molar-refractivity contribution is 5.93. The summed E-state index contributed by atoms with van der Waals surface area (Å²) in [6, 6.07) is 3.38. The van der Waals surface area contributed by atoms with E-state index in [4.69, 9.17) is 4.74 Å². The summed E-state index contributed by atoms with van der Waals surface area (Å²) in [7, 11) is 0. The zero-order valence-electron chi connectivity index (χ0n) is 10.2. The second kappa shape index (κ2) is 6.47. The molecule has 0 aliphatic heterocycles. The highest BCUT2D eigenvalue weighted by Crippen LogP contribution is 2.28. The maximum absolute atomic E-state index is 11.6. The number of ether oxygens (including phenoxy) is 1. The van der Waals surface area contributed by atoms with Crippen LogP contribution in [0.15, 0.2) is 24.5 Å². The molecule has 1 amide bonds. The minimum absolute atomic E-state index is 0.193. The number of aliphatic hydroxyl groups is 1. The monoisotopic (exact) mass is 250 g/mol. The number of aliphatic hydroxyl groups excluding tert-OH is 1. The van der Waals surface area contributed by atoms with Gasteiger partial charge in [-0.2, -0.15) is 0 Å². The Kier molecular flexibility index (Phi) is 4.66. The van der Waals surface area contributed by atoms with Gasteiger partial charge in [-0.1, -0.05) is 0 Å². The van der Waals surface area contributed by atoms with Gasteiger partial charge in [-0.25, -0.2) is 0 Å². The van der Waals surface area contributed by atoms with Crippen LogP contribution >= 0.6 is 0 Å². The number of nitrogens with one attached hydrogen (secondary N) is 1. The van der Waals surface area contributed by atoms with Crippen molar-refractivity contribution in [3.63, 3.8) is 0 Å². The molecule has 1 aromatic heterocycles. The third kappa shape index (κ3) is 4.43. The molecular weight excluding hydrogens is 232 g/mol. The molecule has 18 heavy (non-hydrogen) atoms. The normalized spacial score (nSPS) is 16.3. The van der Waals surface area contributed by atoms with Gasteiger partial charge in [0.05, 0.1) is 18.3 Å². The van der Waals surface area contributed by atoms with E-state index in [2.05, 4.69) is 10.3 Å². The van der Waals surface area contributed by atoms with E-state index in [1.807, 2.05) is 0 Å². The number of nitrogens with zero attached hydrogens (tertiary/aromatic N) is 1. The zero-order valence-corrected chi connectivity index (χ0v) is 10.2. The van der Waals surface area contributed by atoms with Gasteiger partial charge in [-0.05, 0) is 30.9 Å². The van der Waals surface area contributed by atoms with Gasteiger partial charge in [-0.15, -0.1) is 0 Å². The van der Waals surface area contributed by atoms with Crippen LogP contribution in [0.25, 0.3) is 0 Å². The Morgan fingerprint density at radius 1 is 1.61 bits per heavy atom. The topological polar surface area (TPSA) is 71.5 Å². The highest BCUT2D eigenvalue weighted by atomic mass is 16.5. The Labute approximate surface area is 106 Å². The van der Waals surface area contributed by atoms with E-state index in [0.29, 0.717) is 18.1 Å². The predicted octanol–water partition coefficient (Wildman–Crippen LogP) is 0.599. The SMILES string of the molecule is O=C(NCC(O)COCC1CC1)c1cccnc1. The molecular formula is C13H18N2O3. The van der Waals surface area contributed by atoms with Crippen molar-refractivity contribution in [1.82, 2.24) is 10.3 Å². The van der Waals surface area contributed by atoms with Crippen molar-refractivity contribution in [2.75, 3.05) is 19.8 Å². The summed E-state index contributed by atoms with van der Waals surface area (Å²) < 4.78 is 5.34. The molecule has 5 nitrogen and oxygen atoms in total. The molecule has 0 aromatic carbocycles. The first kappa shape index (κ1) is 13.0. The first-order valence-corrected chi connectivity index (χ1v) is 6.19. The molecule has 98 valence electrons. The summed E-state index contributed by atoms with van der Waals surface area (Å²) in [4.78, 5) is 15.5. The average molecular weight is 250 g/mol. The summed E-state index contributed by atoms with van der Waals surface area (Å²) in [5.74, 6) is 0.450. The van der Waals surface area contributed by atoms with Gasteiger partial charge in [0.15, 0.2) is 0 Å². The number of amides is 1. The largest absolute Gasteiger partial charge is 0.389 e. The van der Waals surface area contributed by atoms with Crippen LogP contribution in [0.2, 0.25) is 0 Å². The number of hydrogen-bond donors (Lipinski definition) is 2. The molecule has 1 fully saturated rings. The Bertz CT molecular complexity index is 379. The van der Waals surface area contributed by atoms with E-state index in [1.165, 1.54) is 19.0 Å². The van der Waals surface area contributed by atoms with Crippen LogP contribution < -0.4 is 5.32 Å². The molecule has 1 atom stereocenters. The Morgan fingerprint density at radius 2 is 2.44 bits per heavy atom. The fraction of sp³-hybridized carbons (Fsp3) is 0.538. The third-order valence-electron chi connectivity index (χ3n) is 2.78. The summed E-state index contributed by atoms with van der Waals surface area (Å²) in [6.07, 6.45) is 4.90. The fourth-order valence-electron chi connectivity index (χ4n) is 1.52. The molecule has 1 unspecified atom stereocenters. The second-order valence-corrected chi connectivity index (χ2v) is 4.59. The van der Waals surface area contributed by atoms with Crippen molar-refractivity contribution < 1.29 is 14.6 Å². The van der Waals surface area contributed by atoms with Gasteiger partial charge in [0, 0.05) is 25.5 Å². The number of carbonyl (C=O) groups excluding carboxylic acids is 1. The maximum Gasteiger partial charge on any atom is 0.252 e. The highest BCUT2D eigenvalue weighted by Gasteiger charge is 2.21. The Hall–Kier alpha value is -1.46. The van der Waals surface area contributed by atoms with E-state index in [9.17, 15) is 9.90 Å². The standard InChI is InChI=1S/C13H18N2O3/c16-12(9-18-8-10-3-4-10)7-15-13(17)11-2-1-5-14-6-11/h1-2,5-6,10,12,16H,3-4,7-9H2,(H,15,17). The van der Waals surface area contributed by atoms with Crippen LogP contribution in [-0.4, -0.2) is 41.9 Å². The minimum atomic E-state index is -0.663. The Morgan fingerprint density at radius 3 is 3.11 bits per heavy atom. The van der Waals surface area contributed by atoms with Crippen LogP contribution in [0.1, 0.15) is 23.2 Å². The molecule has 0 saturated heterocycles. The van der Waals surface area contributed by atoms with E-state index in [-0.39, 0.29) is 19.1 Å². The molecule has 0 spiro atoms. The van der Waals surface area contributed by atoms with Crippen molar-refractivity contribution in [1.29, 1.82) is 0 Å². The van der Waals surface area contributed by atoms with Crippen LogP contribution in [-0.2, 0) is 4.74 Å². The second-order valence-electron chi connectivity index (χ2n) is 4.59. The lowest BCUT2D eigenvalue weighted by atomic mass is 10.2. The van der Waals surface area contributed by atoms with E-state index in [0.717, 1.165) is 0 Å². The predicted molar refractivity (Wildman–Crippen MR) is 66.1 cm³/mol. The van der Waals surface area contributed by atoms with Gasteiger partial charge >= 0.3 is 0 Å². The minimum Gasteiger partial charge on any atom is -0.389 e. The lowest BCUT2D eigenvalue weighted by molar-refractivity contribution is 0.0320. The number of pyridine rings is 1. The molecule has 1 aliphatic rings. The summed E-state index contributed by atoms with van der Waals surface area (Å²) in [5.41, 5.74) is 0.489. The maximum atomic E-state index is 11.6. The summed E-state index contributed by atoms with van der Waals surface area (Å²) in [6.45, 7) is 1.18. The molecule has 1 saturated carbocycles. The van der Waals surface area contributed by atoms with E-state index < -0.39 is 6.10 Å². The smallest absolute Gasteiger partial charge is 0.252 e. The van der Waals surface area contributed by atoms with Crippen molar-refractivity contribution >= 4 is 5.91 Å². The van der Waals surface area contributed by atoms with Crippen LogP contribution in [0, 0.1) is 5.92 Å². The first-order valence-electron chi connectivity index (χ1n) is 6.19. The first-order chi connectivity index (χ1) is 8.75. The van der Waals surface area contributed by atoms with Crippen molar-refractivity contribution in [3.05, 3.63) is 30.1 Å². The molecule has 1 heterocycles. The van der Waals surface area contributed by atoms with E-state index in [1.54, 1.807) is 18.3 Å². The van der Waals surface area contributed by atoms with Crippen LogP contribution in [0.5, 0.6) is 0 Å². The van der Waals surface area contributed by atoms with Crippen molar-refractivity contribution in [3.8, 4) is 0 Å². The molecule has 2 N–H and O–H groups in total. The fourth-order valence-corrected chi connectivity index (χ4v) is 1.52. The molecule has 2 rings (SSSR count). The number of hydrogen-bond acceptors (Lipinski definition) is 4. The van der Waals surface area contributed by atoms with Gasteiger partial charge in [-0.3, -0.25) is 9.78 Å². The van der Waals surface area contributed by atoms with Gasteiger partial charge in [0.25, 0.3) is 5.91 Å². The quantitative estimate of drug-likeness (QED) is 0.743. The third-order valence-corrected chi connectivity index (χ3v) is 2.78. The molecule has 0 bridgehead atoms. The van der Waals surface area contributed by atoms with Crippen LogP contribution in [0.4, 0.5) is 0 Å². The average Bonchev–Trinajstić information content (AvgIpc) is 3.21. The van der Waals surface area contributed by atoms with Gasteiger partial charge in [0.1, 0.15) is 0 Å². The van der Waals surface area contributed by atoms with Gasteiger partial charge < -0.3 is 15.2 Å². The number of aromatic nitrogens is 1. The lowest BCUT2D eigenvalue weighted by Crippen LogP contribution is -2.34. The molecule has 0 radical (unpaired) electrons. The molecule has 1 aromatic rings. The lowest BCUT2D eigenvalue weighted by Gasteiger charge is -2.12. The zero-order chi connectivity index (χ0) is 12.8. The Balaban J connectivity index is 1.62. The van der Waals surface area contributed by atoms with Gasteiger partial charge in [0.2, 0.25) is 0 Å². The van der Waals surface area contributed by atoms with Crippen molar-refractivity contribution in [2.45, 2.75) is 18.9 Å². The number of carbonyl (C=O) groups is 1. The molecule has 1 aliphatic carbocycles. The summed E-state index contributed by atoms with van der Waals surface area (Å²) >= 11 is 0. The van der Waals surface area contributed by atoms with E-state index >= 15 is 0 Å². The van der Waals surface area contributed by atoms with Crippen LogP contribution in [0.3, 0.4) is 0 Å².